The summed E-state index contributed by atoms with van der Waals surface area (Å²) < 4.78 is 16.1. The normalized spacial score (nSPS) is 12.1. The lowest BCUT2D eigenvalue weighted by Crippen LogP contribution is -2.20. The van der Waals surface area contributed by atoms with Gasteiger partial charge in [-0.05, 0) is 35.4 Å². The summed E-state index contributed by atoms with van der Waals surface area (Å²) in [6.45, 7) is -0.0980. The van der Waals surface area contributed by atoms with Gasteiger partial charge in [0.15, 0.2) is 6.61 Å². The van der Waals surface area contributed by atoms with Crippen LogP contribution in [-0.2, 0) is 17.6 Å². The quantitative estimate of drug-likeness (QED) is 0.720. The highest BCUT2D eigenvalue weighted by molar-refractivity contribution is 6.05. The number of nitrogens with one attached hydrogen (secondary N) is 1. The van der Waals surface area contributed by atoms with Crippen LogP contribution in [0.5, 0.6) is 17.2 Å². The van der Waals surface area contributed by atoms with Crippen molar-refractivity contribution in [2.45, 2.75) is 12.8 Å². The molecule has 4 rings (SSSR count). The maximum Gasteiger partial charge on any atom is 0.262 e. The van der Waals surface area contributed by atoms with Crippen LogP contribution in [0, 0.1) is 0 Å². The predicted octanol–water partition coefficient (Wildman–Crippen LogP) is 3.97. The van der Waals surface area contributed by atoms with Crippen molar-refractivity contribution in [3.63, 3.8) is 0 Å². The summed E-state index contributed by atoms with van der Waals surface area (Å²) >= 11 is 0. The van der Waals surface area contributed by atoms with E-state index in [-0.39, 0.29) is 12.5 Å². The Morgan fingerprint density at radius 3 is 2.30 bits per heavy atom. The van der Waals surface area contributed by atoms with Crippen molar-refractivity contribution in [2.24, 2.45) is 0 Å². The minimum atomic E-state index is -0.213. The summed E-state index contributed by atoms with van der Waals surface area (Å²) in [5, 5.41) is 5.32. The third kappa shape index (κ3) is 3.40. The van der Waals surface area contributed by atoms with Crippen LogP contribution in [0.15, 0.2) is 48.5 Å². The standard InChI is InChI=1S/C22H21NO4/c1-25-16-10-17(26-2)12-18(11-16)27-13-21(24)23-20-9-8-15-7-6-14-4-3-5-19(20)22(14)15/h3-5,8-12H,6-7,13H2,1-2H3,(H,23,24). The average Bonchev–Trinajstić information content (AvgIpc) is 3.13. The Bertz CT molecular complexity index is 980. The van der Waals surface area contributed by atoms with Crippen molar-refractivity contribution in [1.82, 2.24) is 0 Å². The molecule has 0 radical (unpaired) electrons. The molecule has 1 amide bonds. The lowest BCUT2D eigenvalue weighted by molar-refractivity contribution is -0.118. The Labute approximate surface area is 157 Å². The van der Waals surface area contributed by atoms with Gasteiger partial charge in [-0.3, -0.25) is 4.79 Å². The number of hydrogen-bond donors (Lipinski definition) is 1. The summed E-state index contributed by atoms with van der Waals surface area (Å²) in [6, 6.07) is 15.5. The zero-order valence-electron chi connectivity index (χ0n) is 15.4. The van der Waals surface area contributed by atoms with Crippen molar-refractivity contribution in [1.29, 1.82) is 0 Å². The van der Waals surface area contributed by atoms with Crippen LogP contribution in [0.4, 0.5) is 5.69 Å². The van der Waals surface area contributed by atoms with Gasteiger partial charge in [0.2, 0.25) is 0 Å². The largest absolute Gasteiger partial charge is 0.496 e. The molecule has 0 fully saturated rings. The van der Waals surface area contributed by atoms with Crippen molar-refractivity contribution < 1.29 is 19.0 Å². The maximum absolute atomic E-state index is 12.4. The number of anilines is 1. The number of carbonyl (C=O) groups excluding carboxylic acids is 1. The molecule has 138 valence electrons. The van der Waals surface area contributed by atoms with Crippen LogP contribution in [-0.4, -0.2) is 26.7 Å². The topological polar surface area (TPSA) is 56.8 Å². The SMILES string of the molecule is COc1cc(OC)cc(OCC(=O)Nc2ccc3c4c(cccc24)CC3)c1. The summed E-state index contributed by atoms with van der Waals surface area (Å²) in [5.41, 5.74) is 3.51. The summed E-state index contributed by atoms with van der Waals surface area (Å²) in [4.78, 5) is 12.4. The summed E-state index contributed by atoms with van der Waals surface area (Å²) in [7, 11) is 3.14. The number of aryl methyl sites for hydroxylation is 2. The molecule has 5 nitrogen and oxygen atoms in total. The Hall–Kier alpha value is -3.21. The van der Waals surface area contributed by atoms with Crippen LogP contribution in [0.25, 0.3) is 10.8 Å². The van der Waals surface area contributed by atoms with Crippen molar-refractivity contribution in [3.05, 3.63) is 59.7 Å². The van der Waals surface area contributed by atoms with E-state index in [1.54, 1.807) is 32.4 Å². The highest BCUT2D eigenvalue weighted by Gasteiger charge is 2.16. The second-order valence-corrected chi connectivity index (χ2v) is 6.50. The van der Waals surface area contributed by atoms with E-state index in [9.17, 15) is 4.79 Å². The van der Waals surface area contributed by atoms with Gasteiger partial charge in [-0.1, -0.05) is 24.3 Å². The molecule has 1 aliphatic rings. The van der Waals surface area contributed by atoms with Gasteiger partial charge in [0.05, 0.1) is 14.2 Å². The number of methoxy groups -OCH3 is 2. The lowest BCUT2D eigenvalue weighted by atomic mass is 10.0. The van der Waals surface area contributed by atoms with Crippen LogP contribution in [0.2, 0.25) is 0 Å². The molecule has 0 spiro atoms. The highest BCUT2D eigenvalue weighted by Crippen LogP contribution is 2.35. The summed E-state index contributed by atoms with van der Waals surface area (Å²) in [5.74, 6) is 1.52. The van der Waals surface area contributed by atoms with E-state index in [0.29, 0.717) is 17.2 Å². The van der Waals surface area contributed by atoms with Crippen molar-refractivity contribution >= 4 is 22.4 Å². The first-order chi connectivity index (χ1) is 13.2. The van der Waals surface area contributed by atoms with E-state index < -0.39 is 0 Å². The molecule has 0 heterocycles. The molecule has 3 aromatic rings. The fourth-order valence-corrected chi connectivity index (χ4v) is 3.56. The molecule has 0 saturated carbocycles. The Kier molecular flexibility index (Phi) is 4.59. The van der Waals surface area contributed by atoms with E-state index in [1.165, 1.54) is 16.5 Å². The van der Waals surface area contributed by atoms with Gasteiger partial charge in [-0.25, -0.2) is 0 Å². The van der Waals surface area contributed by atoms with E-state index in [0.717, 1.165) is 23.9 Å². The molecule has 0 aliphatic heterocycles. The smallest absolute Gasteiger partial charge is 0.262 e. The monoisotopic (exact) mass is 363 g/mol. The molecule has 27 heavy (non-hydrogen) atoms. The number of rotatable bonds is 6. The molecule has 0 aromatic heterocycles. The van der Waals surface area contributed by atoms with Gasteiger partial charge in [0.1, 0.15) is 17.2 Å². The minimum absolute atomic E-state index is 0.0980. The molecular weight excluding hydrogens is 342 g/mol. The fourth-order valence-electron chi connectivity index (χ4n) is 3.56. The maximum atomic E-state index is 12.4. The van der Waals surface area contributed by atoms with Gasteiger partial charge in [-0.2, -0.15) is 0 Å². The van der Waals surface area contributed by atoms with E-state index >= 15 is 0 Å². The van der Waals surface area contributed by atoms with Crippen LogP contribution in [0.3, 0.4) is 0 Å². The molecule has 0 atom stereocenters. The van der Waals surface area contributed by atoms with Gasteiger partial charge in [0, 0.05) is 29.3 Å². The zero-order chi connectivity index (χ0) is 18.8. The second kappa shape index (κ2) is 7.19. The average molecular weight is 363 g/mol. The van der Waals surface area contributed by atoms with Gasteiger partial charge < -0.3 is 19.5 Å². The molecule has 5 heteroatoms. The minimum Gasteiger partial charge on any atom is -0.496 e. The number of carbonyl (C=O) groups is 1. The second-order valence-electron chi connectivity index (χ2n) is 6.50. The van der Waals surface area contributed by atoms with Crippen molar-refractivity contribution in [3.8, 4) is 17.2 Å². The van der Waals surface area contributed by atoms with Crippen molar-refractivity contribution in [2.75, 3.05) is 26.1 Å². The van der Waals surface area contributed by atoms with E-state index in [1.807, 2.05) is 12.1 Å². The number of amides is 1. The summed E-state index contributed by atoms with van der Waals surface area (Å²) in [6.07, 6.45) is 2.12. The highest BCUT2D eigenvalue weighted by atomic mass is 16.5. The molecule has 0 saturated heterocycles. The Morgan fingerprint density at radius 1 is 0.926 bits per heavy atom. The molecule has 3 aromatic carbocycles. The van der Waals surface area contributed by atoms with E-state index in [4.69, 9.17) is 14.2 Å². The Morgan fingerprint density at radius 2 is 1.59 bits per heavy atom. The molecule has 1 aliphatic carbocycles. The lowest BCUT2D eigenvalue weighted by Gasteiger charge is -2.12. The first kappa shape index (κ1) is 17.2. The fraction of sp³-hybridized carbons (Fsp3) is 0.227. The van der Waals surface area contributed by atoms with Crippen LogP contribution >= 0.6 is 0 Å². The van der Waals surface area contributed by atoms with Crippen LogP contribution in [0.1, 0.15) is 11.1 Å². The Balaban J connectivity index is 1.49. The predicted molar refractivity (Wildman–Crippen MR) is 105 cm³/mol. The molecule has 0 bridgehead atoms. The first-order valence-electron chi connectivity index (χ1n) is 8.87. The zero-order valence-corrected chi connectivity index (χ0v) is 15.4. The van der Waals surface area contributed by atoms with Gasteiger partial charge >= 0.3 is 0 Å². The van der Waals surface area contributed by atoms with Gasteiger partial charge in [-0.15, -0.1) is 0 Å². The van der Waals surface area contributed by atoms with E-state index in [2.05, 4.69) is 23.5 Å². The van der Waals surface area contributed by atoms with Crippen LogP contribution < -0.4 is 19.5 Å². The van der Waals surface area contributed by atoms with Gasteiger partial charge in [0.25, 0.3) is 5.91 Å². The number of hydrogen-bond acceptors (Lipinski definition) is 4. The number of ether oxygens (including phenoxy) is 3. The molecule has 1 N–H and O–H groups in total. The third-order valence-electron chi connectivity index (χ3n) is 4.85. The third-order valence-corrected chi connectivity index (χ3v) is 4.85. The molecule has 0 unspecified atom stereocenters. The molecular formula is C22H21NO4. The number of benzene rings is 3. The first-order valence-corrected chi connectivity index (χ1v) is 8.87.